The summed E-state index contributed by atoms with van der Waals surface area (Å²) in [5.41, 5.74) is 0.650. The molecule has 0 spiro atoms. The standard InChI is InChI=1S/C14H19ClF3NO2/c1-9(2)6-19-7-10-5-11(15)3-4-12(10)21-8-13(20)14(16,17)18/h3-5,9,13,19-20H,6-8H2,1-2H3. The molecule has 1 aromatic rings. The van der Waals surface area contributed by atoms with Crippen LogP contribution < -0.4 is 10.1 Å². The van der Waals surface area contributed by atoms with Gasteiger partial charge in [-0.05, 0) is 30.7 Å². The Labute approximate surface area is 127 Å². The van der Waals surface area contributed by atoms with E-state index in [4.69, 9.17) is 21.4 Å². The molecule has 0 heterocycles. The number of rotatable bonds is 7. The number of benzene rings is 1. The second-order valence-electron chi connectivity index (χ2n) is 5.15. The van der Waals surface area contributed by atoms with Gasteiger partial charge in [-0.15, -0.1) is 0 Å². The Morgan fingerprint density at radius 1 is 1.33 bits per heavy atom. The summed E-state index contributed by atoms with van der Waals surface area (Å²) in [4.78, 5) is 0. The number of aliphatic hydroxyl groups is 1. The first-order chi connectivity index (χ1) is 9.70. The molecule has 1 rings (SSSR count). The van der Waals surface area contributed by atoms with Crippen LogP contribution in [0.5, 0.6) is 5.75 Å². The zero-order chi connectivity index (χ0) is 16.0. The molecule has 1 atom stereocenters. The summed E-state index contributed by atoms with van der Waals surface area (Å²) in [5.74, 6) is 0.722. The third-order valence-electron chi connectivity index (χ3n) is 2.67. The monoisotopic (exact) mass is 325 g/mol. The predicted octanol–water partition coefficient (Wildman–Crippen LogP) is 3.39. The van der Waals surface area contributed by atoms with E-state index in [2.05, 4.69) is 5.32 Å². The first kappa shape index (κ1) is 18.1. The summed E-state index contributed by atoms with van der Waals surface area (Å²) in [6, 6.07) is 4.66. The van der Waals surface area contributed by atoms with Crippen LogP contribution in [0.1, 0.15) is 19.4 Å². The molecule has 1 unspecified atom stereocenters. The lowest BCUT2D eigenvalue weighted by Gasteiger charge is -2.17. The highest BCUT2D eigenvalue weighted by molar-refractivity contribution is 6.30. The van der Waals surface area contributed by atoms with Gasteiger partial charge in [-0.1, -0.05) is 25.4 Å². The minimum absolute atomic E-state index is 0.277. The highest BCUT2D eigenvalue weighted by atomic mass is 35.5. The van der Waals surface area contributed by atoms with Crippen LogP contribution in [0.3, 0.4) is 0 Å². The fourth-order valence-corrected chi connectivity index (χ4v) is 1.78. The Hall–Kier alpha value is -0.980. The molecule has 0 aliphatic heterocycles. The fourth-order valence-electron chi connectivity index (χ4n) is 1.59. The van der Waals surface area contributed by atoms with Crippen LogP contribution in [0, 0.1) is 5.92 Å². The van der Waals surface area contributed by atoms with Gasteiger partial charge in [0, 0.05) is 17.1 Å². The molecule has 7 heteroatoms. The van der Waals surface area contributed by atoms with Gasteiger partial charge in [-0.3, -0.25) is 0 Å². The van der Waals surface area contributed by atoms with Crippen molar-refractivity contribution in [2.24, 2.45) is 5.92 Å². The number of halogens is 4. The Balaban J connectivity index is 2.68. The van der Waals surface area contributed by atoms with Crippen molar-refractivity contribution in [2.75, 3.05) is 13.2 Å². The quantitative estimate of drug-likeness (QED) is 0.807. The molecule has 0 radical (unpaired) electrons. The van der Waals surface area contributed by atoms with E-state index in [1.807, 2.05) is 13.8 Å². The van der Waals surface area contributed by atoms with Crippen molar-refractivity contribution in [1.82, 2.24) is 5.32 Å². The number of nitrogens with one attached hydrogen (secondary N) is 1. The number of hydrogen-bond donors (Lipinski definition) is 2. The Morgan fingerprint density at radius 3 is 2.57 bits per heavy atom. The SMILES string of the molecule is CC(C)CNCc1cc(Cl)ccc1OCC(O)C(F)(F)F. The van der Waals surface area contributed by atoms with E-state index in [1.54, 1.807) is 6.07 Å². The normalized spacial score (nSPS) is 13.5. The zero-order valence-electron chi connectivity index (χ0n) is 11.9. The maximum absolute atomic E-state index is 12.2. The zero-order valence-corrected chi connectivity index (χ0v) is 12.6. The van der Waals surface area contributed by atoms with Gasteiger partial charge < -0.3 is 15.2 Å². The summed E-state index contributed by atoms with van der Waals surface area (Å²) >= 11 is 5.88. The van der Waals surface area contributed by atoms with Gasteiger partial charge in [-0.2, -0.15) is 13.2 Å². The van der Waals surface area contributed by atoms with E-state index in [1.165, 1.54) is 12.1 Å². The van der Waals surface area contributed by atoms with E-state index >= 15 is 0 Å². The van der Waals surface area contributed by atoms with E-state index in [-0.39, 0.29) is 5.75 Å². The molecule has 0 saturated carbocycles. The van der Waals surface area contributed by atoms with Crippen LogP contribution in [0.15, 0.2) is 18.2 Å². The van der Waals surface area contributed by atoms with Crippen LogP contribution in [0.25, 0.3) is 0 Å². The Kier molecular flexibility index (Phi) is 6.77. The largest absolute Gasteiger partial charge is 0.490 e. The first-order valence-electron chi connectivity index (χ1n) is 6.57. The van der Waals surface area contributed by atoms with E-state index in [9.17, 15) is 13.2 Å². The predicted molar refractivity (Wildman–Crippen MR) is 75.6 cm³/mol. The molecular formula is C14H19ClF3NO2. The molecule has 0 aromatic heterocycles. The summed E-state index contributed by atoms with van der Waals surface area (Å²) in [6.45, 7) is 4.43. The smallest absolute Gasteiger partial charge is 0.417 e. The fraction of sp³-hybridized carbons (Fsp3) is 0.571. The van der Waals surface area contributed by atoms with Gasteiger partial charge in [0.1, 0.15) is 12.4 Å². The van der Waals surface area contributed by atoms with Crippen LogP contribution in [-0.4, -0.2) is 30.5 Å². The molecule has 0 amide bonds. The van der Waals surface area contributed by atoms with Gasteiger partial charge in [0.2, 0.25) is 0 Å². The molecule has 0 aliphatic rings. The summed E-state index contributed by atoms with van der Waals surface area (Å²) in [6.07, 6.45) is -7.20. The number of hydrogen-bond acceptors (Lipinski definition) is 3. The van der Waals surface area contributed by atoms with Crippen LogP contribution in [0.2, 0.25) is 5.02 Å². The lowest BCUT2D eigenvalue weighted by Crippen LogP contribution is -2.34. The topological polar surface area (TPSA) is 41.5 Å². The van der Waals surface area contributed by atoms with Gasteiger partial charge in [0.05, 0.1) is 0 Å². The third kappa shape index (κ3) is 6.54. The molecule has 21 heavy (non-hydrogen) atoms. The van der Waals surface area contributed by atoms with Crippen LogP contribution >= 0.6 is 11.6 Å². The van der Waals surface area contributed by atoms with Crippen LogP contribution in [0.4, 0.5) is 13.2 Å². The highest BCUT2D eigenvalue weighted by Crippen LogP contribution is 2.25. The lowest BCUT2D eigenvalue weighted by molar-refractivity contribution is -0.210. The van der Waals surface area contributed by atoms with Crippen molar-refractivity contribution in [3.8, 4) is 5.75 Å². The van der Waals surface area contributed by atoms with Crippen molar-refractivity contribution < 1.29 is 23.0 Å². The maximum Gasteiger partial charge on any atom is 0.417 e. The van der Waals surface area contributed by atoms with E-state index in [0.717, 1.165) is 6.54 Å². The molecule has 0 bridgehead atoms. The second-order valence-corrected chi connectivity index (χ2v) is 5.58. The van der Waals surface area contributed by atoms with Crippen molar-refractivity contribution in [1.29, 1.82) is 0 Å². The summed E-state index contributed by atoms with van der Waals surface area (Å²) in [7, 11) is 0. The van der Waals surface area contributed by atoms with Gasteiger partial charge in [-0.25, -0.2) is 0 Å². The molecular weight excluding hydrogens is 307 g/mol. The number of alkyl halides is 3. The van der Waals surface area contributed by atoms with Gasteiger partial charge in [0.25, 0.3) is 0 Å². The van der Waals surface area contributed by atoms with E-state index in [0.29, 0.717) is 23.0 Å². The maximum atomic E-state index is 12.2. The first-order valence-corrected chi connectivity index (χ1v) is 6.94. The minimum Gasteiger partial charge on any atom is -0.490 e. The summed E-state index contributed by atoms with van der Waals surface area (Å²) < 4.78 is 41.8. The summed E-state index contributed by atoms with van der Waals surface area (Å²) in [5, 5.41) is 12.6. The average molecular weight is 326 g/mol. The average Bonchev–Trinajstić information content (AvgIpc) is 2.35. The van der Waals surface area contributed by atoms with Crippen molar-refractivity contribution in [3.63, 3.8) is 0 Å². The van der Waals surface area contributed by atoms with Gasteiger partial charge in [0.15, 0.2) is 6.10 Å². The lowest BCUT2D eigenvalue weighted by atomic mass is 10.1. The second kappa shape index (κ2) is 7.87. The van der Waals surface area contributed by atoms with Crippen LogP contribution in [-0.2, 0) is 6.54 Å². The highest BCUT2D eigenvalue weighted by Gasteiger charge is 2.38. The Bertz CT molecular complexity index is 452. The third-order valence-corrected chi connectivity index (χ3v) is 2.90. The molecule has 0 saturated heterocycles. The molecule has 0 aliphatic carbocycles. The molecule has 2 N–H and O–H groups in total. The van der Waals surface area contributed by atoms with E-state index < -0.39 is 18.9 Å². The Morgan fingerprint density at radius 2 is 2.00 bits per heavy atom. The molecule has 0 fully saturated rings. The number of ether oxygens (including phenoxy) is 1. The number of aliphatic hydroxyl groups excluding tert-OH is 1. The van der Waals surface area contributed by atoms with Crippen molar-refractivity contribution in [3.05, 3.63) is 28.8 Å². The molecule has 1 aromatic carbocycles. The minimum atomic E-state index is -4.69. The molecule has 3 nitrogen and oxygen atoms in total. The van der Waals surface area contributed by atoms with Gasteiger partial charge >= 0.3 is 6.18 Å². The molecule has 120 valence electrons. The van der Waals surface area contributed by atoms with Crippen molar-refractivity contribution in [2.45, 2.75) is 32.7 Å². The van der Waals surface area contributed by atoms with Crippen molar-refractivity contribution >= 4 is 11.6 Å².